The molecule has 1 heterocycles. The van der Waals surface area contributed by atoms with E-state index in [-0.39, 0.29) is 29.4 Å². The first-order chi connectivity index (χ1) is 17.6. The lowest BCUT2D eigenvalue weighted by Crippen LogP contribution is -2.44. The zero-order valence-electron chi connectivity index (χ0n) is 20.7. The third-order valence-electron chi connectivity index (χ3n) is 6.20. The van der Waals surface area contributed by atoms with Gasteiger partial charge in [0, 0.05) is 18.0 Å². The zero-order chi connectivity index (χ0) is 27.0. The third-order valence-corrected chi connectivity index (χ3v) is 6.20. The average Bonchev–Trinajstić information content (AvgIpc) is 3.30. The number of aldehydes is 1. The standard InChI is InChI=1S/C27H31F2N3O5/c1-17(2)19-9-6-10-21(13-19)27(28,29)24(18-7-4-3-5-8-18)37-26(36)31-15-23(34)32-22(16-33)14-20-11-12-30-25(20)35/h3-10,13,16-17,20,22,24H,11-12,14-15H2,1-2H3,(H,30,35)(H,31,36)(H,32,34)/t20-,22-,24-/m0/s1. The molecule has 0 unspecified atom stereocenters. The number of carbonyl (C=O) groups is 4. The fourth-order valence-corrected chi connectivity index (χ4v) is 4.12. The zero-order valence-corrected chi connectivity index (χ0v) is 20.7. The maximum absolute atomic E-state index is 15.7. The Kier molecular flexibility index (Phi) is 9.32. The van der Waals surface area contributed by atoms with Crippen LogP contribution in [0.3, 0.4) is 0 Å². The van der Waals surface area contributed by atoms with Gasteiger partial charge in [-0.1, -0.05) is 62.4 Å². The molecule has 1 saturated heterocycles. The lowest BCUT2D eigenvalue weighted by Gasteiger charge is -2.28. The van der Waals surface area contributed by atoms with E-state index in [1.807, 2.05) is 13.8 Å². The van der Waals surface area contributed by atoms with Crippen molar-refractivity contribution in [1.29, 1.82) is 0 Å². The van der Waals surface area contributed by atoms with Gasteiger partial charge in [0.15, 0.2) is 6.10 Å². The molecule has 1 fully saturated rings. The summed E-state index contributed by atoms with van der Waals surface area (Å²) in [7, 11) is 0. The number of benzene rings is 2. The molecule has 0 spiro atoms. The minimum absolute atomic E-state index is 0.0203. The van der Waals surface area contributed by atoms with Crippen LogP contribution in [0.15, 0.2) is 54.6 Å². The molecule has 0 saturated carbocycles. The predicted molar refractivity (Wildman–Crippen MR) is 132 cm³/mol. The number of carbonyl (C=O) groups excluding carboxylic acids is 4. The smallest absolute Gasteiger partial charge is 0.408 e. The second kappa shape index (κ2) is 12.4. The van der Waals surface area contributed by atoms with Crippen LogP contribution >= 0.6 is 0 Å². The van der Waals surface area contributed by atoms with Gasteiger partial charge in [-0.3, -0.25) is 9.59 Å². The molecule has 198 valence electrons. The summed E-state index contributed by atoms with van der Waals surface area (Å²) in [6.07, 6.45) is -1.98. The van der Waals surface area contributed by atoms with Crippen LogP contribution in [0.2, 0.25) is 0 Å². The lowest BCUT2D eigenvalue weighted by atomic mass is 9.93. The Labute approximate surface area is 214 Å². The molecule has 1 aliphatic heterocycles. The molecule has 37 heavy (non-hydrogen) atoms. The van der Waals surface area contributed by atoms with E-state index in [1.165, 1.54) is 30.3 Å². The van der Waals surface area contributed by atoms with Gasteiger partial charge in [-0.15, -0.1) is 0 Å². The summed E-state index contributed by atoms with van der Waals surface area (Å²) < 4.78 is 36.5. The van der Waals surface area contributed by atoms with Crippen molar-refractivity contribution in [3.05, 3.63) is 71.3 Å². The van der Waals surface area contributed by atoms with Gasteiger partial charge in [-0.2, -0.15) is 8.78 Å². The van der Waals surface area contributed by atoms with Crippen LogP contribution in [-0.2, 0) is 25.0 Å². The third kappa shape index (κ3) is 7.34. The number of hydrogen-bond acceptors (Lipinski definition) is 5. The van der Waals surface area contributed by atoms with E-state index in [4.69, 9.17) is 4.74 Å². The van der Waals surface area contributed by atoms with E-state index >= 15 is 8.78 Å². The van der Waals surface area contributed by atoms with E-state index in [1.54, 1.807) is 24.3 Å². The van der Waals surface area contributed by atoms with E-state index < -0.39 is 42.5 Å². The largest absolute Gasteiger partial charge is 0.434 e. The Morgan fingerprint density at radius 3 is 2.46 bits per heavy atom. The molecule has 2 aromatic rings. The molecule has 0 aliphatic carbocycles. The molecule has 8 nitrogen and oxygen atoms in total. The maximum Gasteiger partial charge on any atom is 0.408 e. The van der Waals surface area contributed by atoms with Gasteiger partial charge in [-0.05, 0) is 36.0 Å². The molecular weight excluding hydrogens is 484 g/mol. The molecule has 0 aromatic heterocycles. The minimum atomic E-state index is -3.57. The van der Waals surface area contributed by atoms with Crippen molar-refractivity contribution in [2.75, 3.05) is 13.1 Å². The lowest BCUT2D eigenvalue weighted by molar-refractivity contribution is -0.126. The highest BCUT2D eigenvalue weighted by molar-refractivity contribution is 5.85. The Morgan fingerprint density at radius 1 is 1.14 bits per heavy atom. The summed E-state index contributed by atoms with van der Waals surface area (Å²) in [5, 5.41) is 7.24. The Balaban J connectivity index is 1.66. The molecule has 3 rings (SSSR count). The number of nitrogens with one attached hydrogen (secondary N) is 3. The highest BCUT2D eigenvalue weighted by Gasteiger charge is 2.45. The quantitative estimate of drug-likeness (QED) is 0.396. The van der Waals surface area contributed by atoms with Crippen LogP contribution in [0.5, 0.6) is 0 Å². The van der Waals surface area contributed by atoms with Gasteiger partial charge in [0.25, 0.3) is 0 Å². The van der Waals surface area contributed by atoms with E-state index in [0.29, 0.717) is 24.8 Å². The van der Waals surface area contributed by atoms with Crippen molar-refractivity contribution in [2.45, 2.75) is 50.7 Å². The maximum atomic E-state index is 15.7. The molecule has 1 aliphatic rings. The van der Waals surface area contributed by atoms with Gasteiger partial charge >= 0.3 is 12.0 Å². The van der Waals surface area contributed by atoms with Crippen LogP contribution in [0.25, 0.3) is 0 Å². The summed E-state index contributed by atoms with van der Waals surface area (Å²) in [4.78, 5) is 47.8. The fraction of sp³-hybridized carbons (Fsp3) is 0.407. The van der Waals surface area contributed by atoms with Crippen LogP contribution < -0.4 is 16.0 Å². The summed E-state index contributed by atoms with van der Waals surface area (Å²) in [6.45, 7) is 3.68. The molecule has 3 N–H and O–H groups in total. The van der Waals surface area contributed by atoms with Gasteiger partial charge < -0.3 is 25.5 Å². The van der Waals surface area contributed by atoms with Crippen molar-refractivity contribution in [3.63, 3.8) is 0 Å². The Morgan fingerprint density at radius 2 is 1.84 bits per heavy atom. The predicted octanol–water partition coefficient (Wildman–Crippen LogP) is 3.58. The first kappa shape index (κ1) is 27.8. The number of alkyl halides is 2. The molecule has 10 heteroatoms. The monoisotopic (exact) mass is 515 g/mol. The van der Waals surface area contributed by atoms with Crippen molar-refractivity contribution >= 4 is 24.2 Å². The summed E-state index contributed by atoms with van der Waals surface area (Å²) in [5.74, 6) is -4.85. The fourth-order valence-electron chi connectivity index (χ4n) is 4.12. The number of ether oxygens (including phenoxy) is 1. The summed E-state index contributed by atoms with van der Waals surface area (Å²) in [5.41, 5.74) is 0.491. The second-order valence-electron chi connectivity index (χ2n) is 9.28. The van der Waals surface area contributed by atoms with Crippen molar-refractivity contribution in [2.24, 2.45) is 5.92 Å². The molecule has 0 radical (unpaired) electrons. The molecular formula is C27H31F2N3O5. The minimum Gasteiger partial charge on any atom is -0.434 e. The van der Waals surface area contributed by atoms with Crippen molar-refractivity contribution in [1.82, 2.24) is 16.0 Å². The highest BCUT2D eigenvalue weighted by Crippen LogP contribution is 2.43. The van der Waals surface area contributed by atoms with Gasteiger partial charge in [0.2, 0.25) is 11.8 Å². The summed E-state index contributed by atoms with van der Waals surface area (Å²) in [6, 6.07) is 12.7. The molecule has 2 aromatic carbocycles. The van der Waals surface area contributed by atoms with Crippen LogP contribution in [0, 0.1) is 5.92 Å². The molecule has 0 bridgehead atoms. The second-order valence-corrected chi connectivity index (χ2v) is 9.28. The van der Waals surface area contributed by atoms with Crippen molar-refractivity contribution < 1.29 is 32.7 Å². The number of rotatable bonds is 11. The van der Waals surface area contributed by atoms with E-state index in [9.17, 15) is 19.2 Å². The average molecular weight is 516 g/mol. The number of amides is 3. The Bertz CT molecular complexity index is 1110. The number of halogens is 2. The van der Waals surface area contributed by atoms with Crippen LogP contribution in [-0.4, -0.2) is 43.3 Å². The van der Waals surface area contributed by atoms with Crippen LogP contribution in [0.4, 0.5) is 13.6 Å². The molecule has 3 amide bonds. The topological polar surface area (TPSA) is 114 Å². The van der Waals surface area contributed by atoms with Crippen molar-refractivity contribution in [3.8, 4) is 0 Å². The number of hydrogen-bond donors (Lipinski definition) is 3. The normalized spacial score (nSPS) is 17.0. The van der Waals surface area contributed by atoms with Gasteiger partial charge in [0.1, 0.15) is 12.8 Å². The number of alkyl carbamates (subject to hydrolysis) is 1. The first-order valence-corrected chi connectivity index (χ1v) is 12.1. The summed E-state index contributed by atoms with van der Waals surface area (Å²) >= 11 is 0. The van der Waals surface area contributed by atoms with E-state index in [0.717, 1.165) is 0 Å². The first-order valence-electron chi connectivity index (χ1n) is 12.1. The van der Waals surface area contributed by atoms with E-state index in [2.05, 4.69) is 16.0 Å². The molecule has 3 atom stereocenters. The highest BCUT2D eigenvalue weighted by atomic mass is 19.3. The van der Waals surface area contributed by atoms with Gasteiger partial charge in [-0.25, -0.2) is 4.79 Å². The Hall–Kier alpha value is -3.82. The van der Waals surface area contributed by atoms with Gasteiger partial charge in [0.05, 0.1) is 6.04 Å². The van der Waals surface area contributed by atoms with Crippen LogP contribution in [0.1, 0.15) is 55.4 Å². The SMILES string of the molecule is CC(C)c1cccc(C(F)(F)[C@@H](OC(=O)NCC(=O)N[C@H](C=O)C[C@@H]2CCNC2=O)c2ccccc2)c1.